The Kier molecular flexibility index (Phi) is 5.21. The minimum atomic E-state index is -0.524. The highest BCUT2D eigenvalue weighted by molar-refractivity contribution is 6.32. The molecular weight excluding hydrogens is 427 g/mol. The summed E-state index contributed by atoms with van der Waals surface area (Å²) in [5, 5.41) is 11.4. The fourth-order valence-electron chi connectivity index (χ4n) is 4.17. The van der Waals surface area contributed by atoms with Crippen LogP contribution >= 0.6 is 0 Å². The molecule has 1 amide bonds. The molecule has 0 radical (unpaired) electrons. The number of anilines is 1. The summed E-state index contributed by atoms with van der Waals surface area (Å²) in [5.74, 6) is -0.425. The van der Waals surface area contributed by atoms with Gasteiger partial charge in [0, 0.05) is 55.6 Å². The lowest BCUT2D eigenvalue weighted by molar-refractivity contribution is -0.384. The highest BCUT2D eigenvalue weighted by Gasteiger charge is 2.37. The van der Waals surface area contributed by atoms with E-state index in [1.807, 2.05) is 0 Å². The molecule has 10 heteroatoms. The van der Waals surface area contributed by atoms with E-state index in [0.717, 1.165) is 26.2 Å². The number of hydrogen-bond donors (Lipinski definition) is 0. The van der Waals surface area contributed by atoms with Crippen LogP contribution in [-0.4, -0.2) is 71.9 Å². The molecule has 0 atom stereocenters. The number of nitro groups is 1. The fraction of sp³-hybridized carbons (Fsp3) is 0.261. The van der Waals surface area contributed by atoms with Gasteiger partial charge in [0.15, 0.2) is 0 Å². The van der Waals surface area contributed by atoms with E-state index in [0.29, 0.717) is 22.8 Å². The maximum atomic E-state index is 14.6. The van der Waals surface area contributed by atoms with Gasteiger partial charge in [0.25, 0.3) is 11.6 Å². The molecule has 0 spiro atoms. The van der Waals surface area contributed by atoms with Crippen LogP contribution in [0, 0.1) is 15.9 Å². The van der Waals surface area contributed by atoms with Crippen molar-refractivity contribution in [2.24, 2.45) is 9.98 Å². The summed E-state index contributed by atoms with van der Waals surface area (Å²) in [6, 6.07) is 10.3. The topological polar surface area (TPSA) is 94.7 Å². The third-order valence-electron chi connectivity index (χ3n) is 5.97. The number of nitrogens with zero attached hydrogens (tertiary/aromatic N) is 6. The quantitative estimate of drug-likeness (QED) is 0.408. The van der Waals surface area contributed by atoms with E-state index in [1.165, 1.54) is 29.2 Å². The van der Waals surface area contributed by atoms with Gasteiger partial charge < -0.3 is 9.80 Å². The third kappa shape index (κ3) is 3.78. The smallest absolute Gasteiger partial charge is 0.284 e. The van der Waals surface area contributed by atoms with E-state index in [1.54, 1.807) is 24.4 Å². The molecule has 1 fully saturated rings. The number of non-ortho nitro benzene ring substituents is 1. The van der Waals surface area contributed by atoms with Crippen molar-refractivity contribution in [2.75, 3.05) is 44.7 Å². The molecule has 3 aliphatic heterocycles. The zero-order valence-corrected chi connectivity index (χ0v) is 17.9. The molecule has 0 saturated carbocycles. The molecule has 5 rings (SSSR count). The Bertz CT molecular complexity index is 1250. The van der Waals surface area contributed by atoms with Crippen LogP contribution in [0.3, 0.4) is 0 Å². The number of halogens is 1. The van der Waals surface area contributed by atoms with Gasteiger partial charge in [-0.1, -0.05) is 12.1 Å². The number of rotatable bonds is 3. The molecule has 33 heavy (non-hydrogen) atoms. The Morgan fingerprint density at radius 3 is 2.58 bits per heavy atom. The van der Waals surface area contributed by atoms with Gasteiger partial charge in [-0.3, -0.25) is 24.8 Å². The van der Waals surface area contributed by atoms with Crippen molar-refractivity contribution in [2.45, 2.75) is 0 Å². The molecular formula is C23H21FN6O3. The first-order chi connectivity index (χ1) is 15.9. The van der Waals surface area contributed by atoms with Crippen molar-refractivity contribution in [3.05, 3.63) is 81.4 Å². The van der Waals surface area contributed by atoms with E-state index in [-0.39, 0.29) is 29.4 Å². The molecule has 3 aliphatic rings. The Morgan fingerprint density at radius 1 is 1.09 bits per heavy atom. The zero-order valence-electron chi connectivity index (χ0n) is 17.9. The number of amidine groups is 1. The van der Waals surface area contributed by atoms with Crippen molar-refractivity contribution in [1.29, 1.82) is 0 Å². The molecule has 2 aromatic carbocycles. The lowest BCUT2D eigenvalue weighted by Crippen LogP contribution is -2.42. The van der Waals surface area contributed by atoms with Crippen molar-refractivity contribution in [1.82, 2.24) is 9.80 Å². The van der Waals surface area contributed by atoms with Crippen LogP contribution in [0.4, 0.5) is 15.8 Å². The Labute approximate surface area is 189 Å². The Morgan fingerprint density at radius 2 is 1.85 bits per heavy atom. The van der Waals surface area contributed by atoms with Gasteiger partial charge >= 0.3 is 0 Å². The molecule has 168 valence electrons. The summed E-state index contributed by atoms with van der Waals surface area (Å²) in [7, 11) is 2.05. The predicted octanol–water partition coefficient (Wildman–Crippen LogP) is 2.42. The molecule has 2 aromatic rings. The molecule has 0 bridgehead atoms. The predicted molar refractivity (Wildman–Crippen MR) is 122 cm³/mol. The first-order valence-corrected chi connectivity index (χ1v) is 10.6. The fourth-order valence-corrected chi connectivity index (χ4v) is 4.17. The van der Waals surface area contributed by atoms with Crippen molar-refractivity contribution >= 4 is 28.8 Å². The molecule has 0 N–H and O–H groups in total. The van der Waals surface area contributed by atoms with E-state index in [9.17, 15) is 19.3 Å². The second-order valence-corrected chi connectivity index (χ2v) is 8.13. The average Bonchev–Trinajstić information content (AvgIpc) is 3.01. The maximum absolute atomic E-state index is 14.6. The van der Waals surface area contributed by atoms with Crippen LogP contribution in [0.2, 0.25) is 0 Å². The summed E-state index contributed by atoms with van der Waals surface area (Å²) in [6.45, 7) is 3.40. The number of benzene rings is 2. The molecule has 9 nitrogen and oxygen atoms in total. The number of aliphatic imine (C=N–C) groups is 2. The van der Waals surface area contributed by atoms with Gasteiger partial charge in [0.2, 0.25) is 0 Å². The van der Waals surface area contributed by atoms with Crippen molar-refractivity contribution in [3.8, 4) is 0 Å². The normalized spacial score (nSPS) is 19.7. The maximum Gasteiger partial charge on any atom is 0.284 e. The van der Waals surface area contributed by atoms with E-state index in [4.69, 9.17) is 0 Å². The summed E-state index contributed by atoms with van der Waals surface area (Å²) < 4.78 is 14.6. The monoisotopic (exact) mass is 448 g/mol. The van der Waals surface area contributed by atoms with Crippen LogP contribution in [0.15, 0.2) is 64.3 Å². The first kappa shape index (κ1) is 21.0. The van der Waals surface area contributed by atoms with Crippen LogP contribution in [0.1, 0.15) is 11.1 Å². The minimum absolute atomic E-state index is 0.0396. The Hall–Kier alpha value is -3.92. The van der Waals surface area contributed by atoms with Gasteiger partial charge in [-0.05, 0) is 25.2 Å². The molecule has 0 aliphatic carbocycles. The van der Waals surface area contributed by atoms with Gasteiger partial charge in [0.05, 0.1) is 22.9 Å². The van der Waals surface area contributed by atoms with E-state index < -0.39 is 10.7 Å². The first-order valence-electron chi connectivity index (χ1n) is 10.6. The average molecular weight is 448 g/mol. The summed E-state index contributed by atoms with van der Waals surface area (Å²) in [5.41, 5.74) is 1.30. The van der Waals surface area contributed by atoms with Crippen LogP contribution < -0.4 is 4.90 Å². The number of carbonyl (C=O) groups is 1. The molecule has 0 unspecified atom stereocenters. The number of piperazine rings is 1. The van der Waals surface area contributed by atoms with E-state index >= 15 is 0 Å². The summed E-state index contributed by atoms with van der Waals surface area (Å²) >= 11 is 0. The van der Waals surface area contributed by atoms with Crippen LogP contribution in [0.25, 0.3) is 0 Å². The highest BCUT2D eigenvalue weighted by atomic mass is 19.1. The Balaban J connectivity index is 1.60. The van der Waals surface area contributed by atoms with E-state index in [2.05, 4.69) is 26.8 Å². The van der Waals surface area contributed by atoms with Gasteiger partial charge in [-0.25, -0.2) is 9.38 Å². The van der Waals surface area contributed by atoms with Crippen LogP contribution in [-0.2, 0) is 4.79 Å². The molecule has 3 heterocycles. The van der Waals surface area contributed by atoms with Gasteiger partial charge in [-0.2, -0.15) is 0 Å². The lowest BCUT2D eigenvalue weighted by atomic mass is 9.99. The summed E-state index contributed by atoms with van der Waals surface area (Å²) in [4.78, 5) is 39.1. The lowest BCUT2D eigenvalue weighted by Gasteiger charge is -2.31. The number of amides is 1. The molecule has 0 aromatic heterocycles. The number of fused-ring (bicyclic) bond motifs is 3. The second kappa shape index (κ2) is 8.21. The molecule has 1 saturated heterocycles. The SMILES string of the molecule is CN1CCN(/C=C2/N=C3CN=C(c4ccccc4F)c4cc([N+](=O)[O-])ccc4N3C2=O)CC1. The number of nitro benzene ring substituents is 1. The van der Waals surface area contributed by atoms with Crippen LogP contribution in [0.5, 0.6) is 0 Å². The number of likely N-dealkylation sites (N-methyl/N-ethyl adjacent to an activating group) is 1. The summed E-state index contributed by atoms with van der Waals surface area (Å²) in [6.07, 6.45) is 1.77. The number of carbonyl (C=O) groups excluding carboxylic acids is 1. The zero-order chi connectivity index (χ0) is 23.1. The number of hydrogen-bond acceptors (Lipinski definition) is 7. The van der Waals surface area contributed by atoms with Gasteiger partial charge in [-0.15, -0.1) is 0 Å². The standard InChI is InChI=1S/C23H21FN6O3/c1-27-8-10-28(11-9-27)14-19-23(31)29-20-7-6-15(30(32)33)12-17(20)22(25-13-21(29)26-19)16-4-2-3-5-18(16)24/h2-7,12,14H,8-11,13H2,1H3/b19-14+. The largest absolute Gasteiger partial charge is 0.373 e. The minimum Gasteiger partial charge on any atom is -0.373 e. The van der Waals surface area contributed by atoms with Gasteiger partial charge in [0.1, 0.15) is 17.3 Å². The van der Waals surface area contributed by atoms with Crippen molar-refractivity contribution < 1.29 is 14.1 Å². The third-order valence-corrected chi connectivity index (χ3v) is 5.97. The van der Waals surface area contributed by atoms with Crippen molar-refractivity contribution in [3.63, 3.8) is 0 Å². The second-order valence-electron chi connectivity index (χ2n) is 8.13. The highest BCUT2D eigenvalue weighted by Crippen LogP contribution is 2.34.